The van der Waals surface area contributed by atoms with Crippen LogP contribution in [0.25, 0.3) is 0 Å². The Balaban J connectivity index is 1.68. The molecular formula is C17H21FN4O3S. The molecule has 1 fully saturated rings. The molecule has 140 valence electrons. The van der Waals surface area contributed by atoms with Crippen molar-refractivity contribution in [2.75, 3.05) is 31.2 Å². The first-order valence-electron chi connectivity index (χ1n) is 8.31. The van der Waals surface area contributed by atoms with Crippen molar-refractivity contribution in [2.45, 2.75) is 19.2 Å². The minimum absolute atomic E-state index is 0.0458. The van der Waals surface area contributed by atoms with Crippen LogP contribution in [0.3, 0.4) is 0 Å². The molecule has 1 aliphatic rings. The van der Waals surface area contributed by atoms with Crippen molar-refractivity contribution in [1.29, 1.82) is 0 Å². The van der Waals surface area contributed by atoms with Crippen molar-refractivity contribution in [1.82, 2.24) is 14.7 Å². The van der Waals surface area contributed by atoms with Gasteiger partial charge < -0.3 is 9.64 Å². The van der Waals surface area contributed by atoms with Gasteiger partial charge in [-0.15, -0.1) is 0 Å². The Morgan fingerprint density at radius 2 is 1.96 bits per heavy atom. The number of hydrogen-bond donors (Lipinski definition) is 1. The van der Waals surface area contributed by atoms with Gasteiger partial charge in [0.05, 0.1) is 25.5 Å². The molecule has 0 amide bonds. The average Bonchev–Trinajstić information content (AvgIpc) is 2.62. The van der Waals surface area contributed by atoms with Gasteiger partial charge in [0.15, 0.2) is 0 Å². The number of hydrogen-bond acceptors (Lipinski definition) is 6. The lowest BCUT2D eigenvalue weighted by Crippen LogP contribution is -2.37. The molecule has 1 N–H and O–H groups in total. The molecule has 0 unspecified atom stereocenters. The number of sulfonamides is 1. The van der Waals surface area contributed by atoms with Gasteiger partial charge in [0, 0.05) is 30.4 Å². The molecule has 0 bridgehead atoms. The minimum Gasteiger partial charge on any atom is -0.378 e. The zero-order valence-electron chi connectivity index (χ0n) is 14.5. The van der Waals surface area contributed by atoms with E-state index in [2.05, 4.69) is 19.6 Å². The Bertz CT molecular complexity index is 870. The highest BCUT2D eigenvalue weighted by Crippen LogP contribution is 2.15. The maximum absolute atomic E-state index is 13.7. The topological polar surface area (TPSA) is 84.4 Å². The van der Waals surface area contributed by atoms with E-state index in [0.29, 0.717) is 19.0 Å². The fourth-order valence-electron chi connectivity index (χ4n) is 2.69. The molecular weight excluding hydrogens is 359 g/mol. The third-order valence-corrected chi connectivity index (χ3v) is 5.25. The fourth-order valence-corrected chi connectivity index (χ4v) is 3.79. The van der Waals surface area contributed by atoms with E-state index in [-0.39, 0.29) is 12.1 Å². The van der Waals surface area contributed by atoms with Crippen LogP contribution in [-0.4, -0.2) is 44.7 Å². The fraction of sp³-hybridized carbons (Fsp3) is 0.412. The predicted octanol–water partition coefficient (Wildman–Crippen LogP) is 1.38. The van der Waals surface area contributed by atoms with Crippen LogP contribution < -0.4 is 9.62 Å². The first-order chi connectivity index (χ1) is 12.4. The summed E-state index contributed by atoms with van der Waals surface area (Å²) < 4.78 is 45.9. The number of aryl methyl sites for hydroxylation is 1. The molecule has 3 rings (SSSR count). The van der Waals surface area contributed by atoms with Gasteiger partial charge >= 0.3 is 0 Å². The Labute approximate surface area is 152 Å². The maximum atomic E-state index is 13.7. The van der Waals surface area contributed by atoms with Crippen LogP contribution in [0.2, 0.25) is 0 Å². The number of benzene rings is 1. The van der Waals surface area contributed by atoms with Gasteiger partial charge in [-0.2, -0.15) is 0 Å². The molecule has 1 aliphatic heterocycles. The van der Waals surface area contributed by atoms with Crippen molar-refractivity contribution in [3.05, 3.63) is 53.2 Å². The Kier molecular flexibility index (Phi) is 5.80. The zero-order chi connectivity index (χ0) is 18.6. The van der Waals surface area contributed by atoms with E-state index in [1.165, 1.54) is 18.2 Å². The molecule has 1 saturated heterocycles. The lowest BCUT2D eigenvalue weighted by molar-refractivity contribution is 0.122. The minimum atomic E-state index is -3.71. The van der Waals surface area contributed by atoms with E-state index in [1.807, 2.05) is 13.0 Å². The van der Waals surface area contributed by atoms with Crippen molar-refractivity contribution in [2.24, 2.45) is 0 Å². The molecule has 0 saturated carbocycles. The van der Waals surface area contributed by atoms with Crippen molar-refractivity contribution >= 4 is 15.8 Å². The number of aromatic nitrogens is 2. The highest BCUT2D eigenvalue weighted by molar-refractivity contribution is 7.88. The summed E-state index contributed by atoms with van der Waals surface area (Å²) in [5.74, 6) is 0.161. The van der Waals surface area contributed by atoms with Gasteiger partial charge in [0.2, 0.25) is 10.0 Å². The molecule has 2 heterocycles. The first-order valence-corrected chi connectivity index (χ1v) is 9.96. The molecule has 0 radical (unpaired) electrons. The highest BCUT2D eigenvalue weighted by Gasteiger charge is 2.17. The van der Waals surface area contributed by atoms with Crippen molar-refractivity contribution in [3.63, 3.8) is 0 Å². The van der Waals surface area contributed by atoms with E-state index in [1.54, 1.807) is 6.07 Å². The Morgan fingerprint density at radius 3 is 2.69 bits per heavy atom. The summed E-state index contributed by atoms with van der Waals surface area (Å²) in [5.41, 5.74) is 0.879. The first kappa shape index (κ1) is 18.7. The number of rotatable bonds is 6. The quantitative estimate of drug-likeness (QED) is 0.815. The van der Waals surface area contributed by atoms with Crippen LogP contribution in [-0.2, 0) is 27.1 Å². The summed E-state index contributed by atoms with van der Waals surface area (Å²) in [6.45, 7) is 4.52. The van der Waals surface area contributed by atoms with Crippen LogP contribution in [0.4, 0.5) is 10.2 Å². The number of anilines is 1. The van der Waals surface area contributed by atoms with Gasteiger partial charge in [0.25, 0.3) is 0 Å². The van der Waals surface area contributed by atoms with Crippen LogP contribution in [0, 0.1) is 12.7 Å². The number of nitrogens with zero attached hydrogens (tertiary/aromatic N) is 3. The molecule has 0 spiro atoms. The van der Waals surface area contributed by atoms with E-state index in [9.17, 15) is 12.8 Å². The Hall–Kier alpha value is -2.10. The summed E-state index contributed by atoms with van der Waals surface area (Å²) >= 11 is 0. The monoisotopic (exact) mass is 380 g/mol. The maximum Gasteiger partial charge on any atom is 0.216 e. The second kappa shape index (κ2) is 8.07. The number of halogens is 1. The lowest BCUT2D eigenvalue weighted by atomic mass is 10.2. The van der Waals surface area contributed by atoms with Gasteiger partial charge in [-0.3, -0.25) is 0 Å². The summed E-state index contributed by atoms with van der Waals surface area (Å²) in [5, 5.41) is 0. The molecule has 1 aromatic carbocycles. The summed E-state index contributed by atoms with van der Waals surface area (Å²) in [7, 11) is -3.71. The second-order valence-electron chi connectivity index (χ2n) is 6.05. The SMILES string of the molecule is Cc1cc(N2CCOCC2)nc(CNS(=O)(=O)Cc2ccccc2F)n1. The van der Waals surface area contributed by atoms with Gasteiger partial charge in [-0.05, 0) is 13.0 Å². The molecule has 7 nitrogen and oxygen atoms in total. The third-order valence-electron chi connectivity index (χ3n) is 3.98. The van der Waals surface area contributed by atoms with E-state index < -0.39 is 21.6 Å². The summed E-state index contributed by atoms with van der Waals surface area (Å²) in [4.78, 5) is 10.8. The summed E-state index contributed by atoms with van der Waals surface area (Å²) in [6, 6.07) is 7.68. The van der Waals surface area contributed by atoms with Crippen LogP contribution >= 0.6 is 0 Å². The van der Waals surface area contributed by atoms with Gasteiger partial charge in [0.1, 0.15) is 17.5 Å². The van der Waals surface area contributed by atoms with Gasteiger partial charge in [-0.25, -0.2) is 27.5 Å². The molecule has 1 aromatic heterocycles. The number of ether oxygens (including phenoxy) is 1. The standard InChI is InChI=1S/C17H21FN4O3S/c1-13-10-17(22-6-8-25-9-7-22)21-16(20-13)11-19-26(23,24)12-14-4-2-3-5-15(14)18/h2-5,10,19H,6-9,11-12H2,1H3. The zero-order valence-corrected chi connectivity index (χ0v) is 15.3. The lowest BCUT2D eigenvalue weighted by Gasteiger charge is -2.28. The summed E-state index contributed by atoms with van der Waals surface area (Å²) in [6.07, 6.45) is 0. The van der Waals surface area contributed by atoms with E-state index in [4.69, 9.17) is 4.74 Å². The normalized spacial score (nSPS) is 15.2. The Morgan fingerprint density at radius 1 is 1.23 bits per heavy atom. The van der Waals surface area contributed by atoms with E-state index in [0.717, 1.165) is 24.6 Å². The third kappa shape index (κ3) is 4.96. The van der Waals surface area contributed by atoms with E-state index >= 15 is 0 Å². The van der Waals surface area contributed by atoms with Crippen LogP contribution in [0.15, 0.2) is 30.3 Å². The van der Waals surface area contributed by atoms with Crippen LogP contribution in [0.5, 0.6) is 0 Å². The van der Waals surface area contributed by atoms with Crippen molar-refractivity contribution in [3.8, 4) is 0 Å². The predicted molar refractivity (Wildman–Crippen MR) is 95.7 cm³/mol. The number of morpholine rings is 1. The van der Waals surface area contributed by atoms with Crippen LogP contribution in [0.1, 0.15) is 17.1 Å². The average molecular weight is 380 g/mol. The molecule has 0 atom stereocenters. The van der Waals surface area contributed by atoms with Gasteiger partial charge in [-0.1, -0.05) is 18.2 Å². The highest BCUT2D eigenvalue weighted by atomic mass is 32.2. The molecule has 0 aliphatic carbocycles. The van der Waals surface area contributed by atoms with Crippen molar-refractivity contribution < 1.29 is 17.5 Å². The largest absolute Gasteiger partial charge is 0.378 e. The molecule has 9 heteroatoms. The second-order valence-corrected chi connectivity index (χ2v) is 7.86. The molecule has 2 aromatic rings. The smallest absolute Gasteiger partial charge is 0.216 e. The molecule has 26 heavy (non-hydrogen) atoms. The number of nitrogens with one attached hydrogen (secondary N) is 1.